The lowest BCUT2D eigenvalue weighted by atomic mass is 10.1. The highest BCUT2D eigenvalue weighted by Gasteiger charge is 2.20. The van der Waals surface area contributed by atoms with Crippen molar-refractivity contribution in [3.63, 3.8) is 0 Å². The normalized spacial score (nSPS) is 12.3. The van der Waals surface area contributed by atoms with Gasteiger partial charge in [0.2, 0.25) is 0 Å². The van der Waals surface area contributed by atoms with E-state index in [9.17, 15) is 5.11 Å². The van der Waals surface area contributed by atoms with Crippen LogP contribution in [0.2, 0.25) is 0 Å². The average Bonchev–Trinajstić information content (AvgIpc) is 2.42. The van der Waals surface area contributed by atoms with Gasteiger partial charge in [-0.05, 0) is 38.1 Å². The second-order valence-electron chi connectivity index (χ2n) is 4.35. The minimum atomic E-state index is -0.805. The van der Waals surface area contributed by atoms with Crippen LogP contribution in [0.3, 0.4) is 0 Å². The molecule has 0 radical (unpaired) electrons. The third-order valence-electron chi connectivity index (χ3n) is 2.63. The molecule has 0 fully saturated rings. The highest BCUT2D eigenvalue weighted by Crippen LogP contribution is 2.28. The largest absolute Gasteiger partial charge is 0.384 e. The molecule has 0 bridgehead atoms. The van der Waals surface area contributed by atoms with Gasteiger partial charge in [0, 0.05) is 28.1 Å². The van der Waals surface area contributed by atoms with E-state index in [1.165, 1.54) is 0 Å². The van der Waals surface area contributed by atoms with Gasteiger partial charge in [-0.3, -0.25) is 0 Å². The van der Waals surface area contributed by atoms with Gasteiger partial charge in [0.05, 0.1) is 5.60 Å². The predicted molar refractivity (Wildman–Crippen MR) is 65.9 cm³/mol. The van der Waals surface area contributed by atoms with Crippen molar-refractivity contribution in [1.82, 2.24) is 4.57 Å². The van der Waals surface area contributed by atoms with E-state index in [2.05, 4.69) is 28.1 Å². The van der Waals surface area contributed by atoms with Crippen molar-refractivity contribution in [1.29, 1.82) is 0 Å². The van der Waals surface area contributed by atoms with Gasteiger partial charge in [0.1, 0.15) is 0 Å². The highest BCUT2D eigenvalue weighted by atomic mass is 79.9. The fraction of sp³-hybridized carbons (Fsp3) is 0.333. The van der Waals surface area contributed by atoms with Gasteiger partial charge in [-0.25, -0.2) is 0 Å². The Morgan fingerprint density at radius 3 is 2.53 bits per heavy atom. The van der Waals surface area contributed by atoms with Gasteiger partial charge >= 0.3 is 0 Å². The minimum absolute atomic E-state index is 0.805. The Morgan fingerprint density at radius 2 is 1.93 bits per heavy atom. The molecule has 1 heterocycles. The maximum absolute atomic E-state index is 10.0. The summed E-state index contributed by atoms with van der Waals surface area (Å²) in [4.78, 5) is 0. The molecule has 0 aliphatic heterocycles. The molecular weight excluding hydrogens is 254 g/mol. The molecule has 0 unspecified atom stereocenters. The first-order valence-corrected chi connectivity index (χ1v) is 5.67. The first-order chi connectivity index (χ1) is 6.89. The summed E-state index contributed by atoms with van der Waals surface area (Å²) in [6.45, 7) is 3.60. The summed E-state index contributed by atoms with van der Waals surface area (Å²) in [5.74, 6) is 0. The molecule has 1 N–H and O–H groups in total. The minimum Gasteiger partial charge on any atom is -0.384 e. The molecule has 0 aliphatic rings. The van der Waals surface area contributed by atoms with Crippen molar-refractivity contribution in [3.05, 3.63) is 34.4 Å². The van der Waals surface area contributed by atoms with Crippen LogP contribution in [-0.4, -0.2) is 9.67 Å². The number of aryl methyl sites for hydroxylation is 1. The Bertz CT molecular complexity index is 508. The predicted octanol–water partition coefficient (Wildman–Crippen LogP) is 3.17. The molecule has 2 nitrogen and oxygen atoms in total. The lowest BCUT2D eigenvalue weighted by Gasteiger charge is -2.18. The number of aromatic nitrogens is 1. The Hall–Kier alpha value is -0.800. The first kappa shape index (κ1) is 10.7. The van der Waals surface area contributed by atoms with Crippen molar-refractivity contribution < 1.29 is 5.11 Å². The summed E-state index contributed by atoms with van der Waals surface area (Å²) >= 11 is 3.44. The van der Waals surface area contributed by atoms with Crippen molar-refractivity contribution >= 4 is 26.8 Å². The van der Waals surface area contributed by atoms with Crippen LogP contribution in [0.4, 0.5) is 0 Å². The summed E-state index contributed by atoms with van der Waals surface area (Å²) in [6.07, 6.45) is 0. The molecule has 2 rings (SSSR count). The van der Waals surface area contributed by atoms with Gasteiger partial charge in [-0.15, -0.1) is 0 Å². The fourth-order valence-corrected chi connectivity index (χ4v) is 2.29. The molecule has 0 saturated carbocycles. The molecule has 0 spiro atoms. The molecule has 1 aromatic heterocycles. The summed E-state index contributed by atoms with van der Waals surface area (Å²) < 4.78 is 3.09. The standard InChI is InChI=1S/C12H14BrNO/c1-12(2,15)11-7-8-6-9(13)4-5-10(8)14(11)3/h4-7,15H,1-3H3. The van der Waals surface area contributed by atoms with Crippen LogP contribution in [0.5, 0.6) is 0 Å². The van der Waals surface area contributed by atoms with E-state index in [-0.39, 0.29) is 0 Å². The number of hydrogen-bond donors (Lipinski definition) is 1. The van der Waals surface area contributed by atoms with Gasteiger partial charge in [-0.1, -0.05) is 15.9 Å². The molecular formula is C12H14BrNO. The van der Waals surface area contributed by atoms with E-state index in [4.69, 9.17) is 0 Å². The Morgan fingerprint density at radius 1 is 1.27 bits per heavy atom. The lowest BCUT2D eigenvalue weighted by molar-refractivity contribution is 0.0712. The van der Waals surface area contributed by atoms with E-state index in [1.807, 2.05) is 23.7 Å². The molecule has 0 saturated heterocycles. The quantitative estimate of drug-likeness (QED) is 0.844. The summed E-state index contributed by atoms with van der Waals surface area (Å²) in [7, 11) is 1.98. The van der Waals surface area contributed by atoms with Crippen molar-refractivity contribution in [3.8, 4) is 0 Å². The van der Waals surface area contributed by atoms with Gasteiger partial charge in [-0.2, -0.15) is 0 Å². The maximum Gasteiger partial charge on any atom is 0.0989 e. The lowest BCUT2D eigenvalue weighted by Crippen LogP contribution is -2.19. The number of rotatable bonds is 1. The first-order valence-electron chi connectivity index (χ1n) is 4.87. The highest BCUT2D eigenvalue weighted by molar-refractivity contribution is 9.10. The number of fused-ring (bicyclic) bond motifs is 1. The molecule has 15 heavy (non-hydrogen) atoms. The van der Waals surface area contributed by atoms with Crippen LogP contribution < -0.4 is 0 Å². The van der Waals surface area contributed by atoms with E-state index in [0.29, 0.717) is 0 Å². The number of hydrogen-bond acceptors (Lipinski definition) is 1. The fourth-order valence-electron chi connectivity index (χ4n) is 1.91. The zero-order valence-electron chi connectivity index (χ0n) is 9.08. The van der Waals surface area contributed by atoms with E-state index >= 15 is 0 Å². The van der Waals surface area contributed by atoms with Crippen molar-refractivity contribution in [2.75, 3.05) is 0 Å². The number of benzene rings is 1. The van der Waals surface area contributed by atoms with Gasteiger partial charge in [0.25, 0.3) is 0 Å². The van der Waals surface area contributed by atoms with Gasteiger partial charge < -0.3 is 9.67 Å². The Kier molecular flexibility index (Phi) is 2.40. The molecule has 80 valence electrons. The van der Waals surface area contributed by atoms with Gasteiger partial charge in [0.15, 0.2) is 0 Å². The third kappa shape index (κ3) is 1.82. The molecule has 0 aliphatic carbocycles. The number of nitrogens with zero attached hydrogens (tertiary/aromatic N) is 1. The van der Waals surface area contributed by atoms with Crippen molar-refractivity contribution in [2.45, 2.75) is 19.4 Å². The van der Waals surface area contributed by atoms with Crippen LogP contribution in [0.25, 0.3) is 10.9 Å². The van der Waals surface area contributed by atoms with Crippen LogP contribution in [-0.2, 0) is 12.6 Å². The second kappa shape index (κ2) is 3.35. The SMILES string of the molecule is Cn1c(C(C)(C)O)cc2cc(Br)ccc21. The summed E-state index contributed by atoms with van der Waals surface area (Å²) in [5.41, 5.74) is 1.26. The maximum atomic E-state index is 10.0. The van der Waals surface area contributed by atoms with Crippen LogP contribution in [0, 0.1) is 0 Å². The summed E-state index contributed by atoms with van der Waals surface area (Å²) in [6, 6.07) is 8.15. The third-order valence-corrected chi connectivity index (χ3v) is 3.12. The topological polar surface area (TPSA) is 25.2 Å². The van der Waals surface area contributed by atoms with Crippen LogP contribution in [0.1, 0.15) is 19.5 Å². The zero-order valence-corrected chi connectivity index (χ0v) is 10.7. The molecule has 2 aromatic rings. The Labute approximate surface area is 97.7 Å². The smallest absolute Gasteiger partial charge is 0.0989 e. The van der Waals surface area contributed by atoms with Crippen LogP contribution in [0.15, 0.2) is 28.7 Å². The summed E-state index contributed by atoms with van der Waals surface area (Å²) in [5, 5.41) is 11.2. The molecule has 1 aromatic carbocycles. The van der Waals surface area contributed by atoms with Crippen molar-refractivity contribution in [2.24, 2.45) is 7.05 Å². The Balaban J connectivity index is 2.75. The van der Waals surface area contributed by atoms with E-state index < -0.39 is 5.60 Å². The zero-order chi connectivity index (χ0) is 11.2. The molecule has 3 heteroatoms. The van der Waals surface area contributed by atoms with Crippen LogP contribution >= 0.6 is 15.9 Å². The number of aliphatic hydroxyl groups is 1. The second-order valence-corrected chi connectivity index (χ2v) is 5.27. The average molecular weight is 268 g/mol. The molecule has 0 amide bonds. The van der Waals surface area contributed by atoms with E-state index in [1.54, 1.807) is 13.8 Å². The monoisotopic (exact) mass is 267 g/mol. The van der Waals surface area contributed by atoms with E-state index in [0.717, 1.165) is 21.1 Å². The number of halogens is 1. The molecule has 0 atom stereocenters.